The van der Waals surface area contributed by atoms with E-state index in [1.54, 1.807) is 0 Å². The highest BCUT2D eigenvalue weighted by molar-refractivity contribution is 4.81. The van der Waals surface area contributed by atoms with Gasteiger partial charge in [0.1, 0.15) is 0 Å². The SMILES string of the molecule is CCNC(C)(CO)CCCCOC1CCCC(CC)C1. The van der Waals surface area contributed by atoms with Crippen LogP contribution in [-0.2, 0) is 4.74 Å². The fourth-order valence-electron chi connectivity index (χ4n) is 3.28. The van der Waals surface area contributed by atoms with Crippen molar-refractivity contribution >= 4 is 0 Å². The zero-order valence-corrected chi connectivity index (χ0v) is 13.8. The predicted molar refractivity (Wildman–Crippen MR) is 85.0 cm³/mol. The van der Waals surface area contributed by atoms with Crippen molar-refractivity contribution in [1.29, 1.82) is 0 Å². The van der Waals surface area contributed by atoms with Gasteiger partial charge in [-0.05, 0) is 51.5 Å². The molecule has 0 saturated heterocycles. The van der Waals surface area contributed by atoms with Gasteiger partial charge in [0.15, 0.2) is 0 Å². The monoisotopic (exact) mass is 285 g/mol. The van der Waals surface area contributed by atoms with E-state index in [1.807, 2.05) is 0 Å². The highest BCUT2D eigenvalue weighted by Gasteiger charge is 2.22. The molecule has 0 amide bonds. The average Bonchev–Trinajstić information content (AvgIpc) is 2.47. The molecule has 0 bridgehead atoms. The minimum absolute atomic E-state index is 0.118. The van der Waals surface area contributed by atoms with Crippen LogP contribution in [-0.4, -0.2) is 36.5 Å². The number of ether oxygens (including phenoxy) is 1. The Bertz CT molecular complexity index is 247. The van der Waals surface area contributed by atoms with Gasteiger partial charge in [-0.2, -0.15) is 0 Å². The summed E-state index contributed by atoms with van der Waals surface area (Å²) in [6.07, 6.45) is 10.3. The first kappa shape index (κ1) is 17.9. The van der Waals surface area contributed by atoms with Crippen molar-refractivity contribution in [1.82, 2.24) is 5.32 Å². The Balaban J connectivity index is 2.09. The molecule has 0 spiro atoms. The minimum atomic E-state index is -0.118. The molecule has 0 radical (unpaired) electrons. The van der Waals surface area contributed by atoms with E-state index in [9.17, 15) is 5.11 Å². The number of unbranched alkanes of at least 4 members (excludes halogenated alkanes) is 1. The molecule has 20 heavy (non-hydrogen) atoms. The molecule has 1 rings (SSSR count). The zero-order chi connectivity index (χ0) is 14.8. The summed E-state index contributed by atoms with van der Waals surface area (Å²) in [5.74, 6) is 0.889. The van der Waals surface area contributed by atoms with Crippen molar-refractivity contribution in [2.24, 2.45) is 5.92 Å². The van der Waals surface area contributed by atoms with Crippen LogP contribution in [0.1, 0.15) is 72.1 Å². The summed E-state index contributed by atoms with van der Waals surface area (Å²) < 4.78 is 6.04. The van der Waals surface area contributed by atoms with E-state index in [1.165, 1.54) is 32.1 Å². The van der Waals surface area contributed by atoms with Crippen LogP contribution in [0.3, 0.4) is 0 Å². The Morgan fingerprint density at radius 1 is 1.25 bits per heavy atom. The van der Waals surface area contributed by atoms with Crippen LogP contribution < -0.4 is 5.32 Å². The third-order valence-corrected chi connectivity index (χ3v) is 4.74. The lowest BCUT2D eigenvalue weighted by Crippen LogP contribution is -2.45. The lowest BCUT2D eigenvalue weighted by atomic mass is 9.85. The Kier molecular flexibility index (Phi) is 8.74. The van der Waals surface area contributed by atoms with Crippen LogP contribution in [0.15, 0.2) is 0 Å². The molecule has 0 aromatic heterocycles. The van der Waals surface area contributed by atoms with E-state index in [2.05, 4.69) is 26.1 Å². The third-order valence-electron chi connectivity index (χ3n) is 4.74. The molecule has 3 atom stereocenters. The van der Waals surface area contributed by atoms with Crippen LogP contribution in [0.4, 0.5) is 0 Å². The first-order chi connectivity index (χ1) is 9.63. The van der Waals surface area contributed by atoms with Crippen molar-refractivity contribution < 1.29 is 9.84 Å². The molecular formula is C17H35NO2. The molecule has 1 saturated carbocycles. The standard InChI is InChI=1S/C17H35NO2/c1-4-15-9-8-10-16(13-15)20-12-7-6-11-17(3,14-19)18-5-2/h15-16,18-19H,4-14H2,1-3H3. The van der Waals surface area contributed by atoms with Crippen molar-refractivity contribution in [2.45, 2.75) is 83.8 Å². The largest absolute Gasteiger partial charge is 0.394 e. The molecule has 3 unspecified atom stereocenters. The summed E-state index contributed by atoms with van der Waals surface area (Å²) >= 11 is 0. The van der Waals surface area contributed by atoms with E-state index >= 15 is 0 Å². The van der Waals surface area contributed by atoms with Crippen LogP contribution >= 0.6 is 0 Å². The van der Waals surface area contributed by atoms with Crippen LogP contribution in [0.25, 0.3) is 0 Å². The smallest absolute Gasteiger partial charge is 0.0610 e. The van der Waals surface area contributed by atoms with Crippen molar-refractivity contribution in [3.8, 4) is 0 Å². The van der Waals surface area contributed by atoms with Gasteiger partial charge in [0, 0.05) is 12.1 Å². The van der Waals surface area contributed by atoms with Crippen molar-refractivity contribution in [3.63, 3.8) is 0 Å². The Hall–Kier alpha value is -0.120. The normalized spacial score (nSPS) is 26.4. The molecule has 1 fully saturated rings. The van der Waals surface area contributed by atoms with Gasteiger partial charge in [0.25, 0.3) is 0 Å². The van der Waals surface area contributed by atoms with Crippen LogP contribution in [0.2, 0.25) is 0 Å². The van der Waals surface area contributed by atoms with Gasteiger partial charge in [-0.1, -0.05) is 33.1 Å². The number of rotatable bonds is 10. The number of nitrogens with one attached hydrogen (secondary N) is 1. The summed E-state index contributed by atoms with van der Waals surface area (Å²) in [4.78, 5) is 0. The number of hydrogen-bond acceptors (Lipinski definition) is 3. The van der Waals surface area contributed by atoms with Crippen molar-refractivity contribution in [2.75, 3.05) is 19.8 Å². The maximum Gasteiger partial charge on any atom is 0.0610 e. The highest BCUT2D eigenvalue weighted by Crippen LogP contribution is 2.28. The molecule has 2 N–H and O–H groups in total. The molecule has 1 aliphatic carbocycles. The molecule has 0 heterocycles. The Morgan fingerprint density at radius 2 is 2.05 bits per heavy atom. The van der Waals surface area contributed by atoms with Gasteiger partial charge in [-0.15, -0.1) is 0 Å². The molecule has 0 aromatic carbocycles. The molecular weight excluding hydrogens is 250 g/mol. The summed E-state index contributed by atoms with van der Waals surface area (Å²) in [5, 5.41) is 12.8. The first-order valence-electron chi connectivity index (χ1n) is 8.61. The van der Waals surface area contributed by atoms with Gasteiger partial charge >= 0.3 is 0 Å². The highest BCUT2D eigenvalue weighted by atomic mass is 16.5. The van der Waals surface area contributed by atoms with Gasteiger partial charge in [-0.3, -0.25) is 0 Å². The summed E-state index contributed by atoms with van der Waals surface area (Å²) in [6, 6.07) is 0. The number of hydrogen-bond donors (Lipinski definition) is 2. The lowest BCUT2D eigenvalue weighted by molar-refractivity contribution is 0.00978. The summed E-state index contributed by atoms with van der Waals surface area (Å²) in [5.41, 5.74) is -0.118. The summed E-state index contributed by atoms with van der Waals surface area (Å²) in [7, 11) is 0. The number of aliphatic hydroxyl groups is 1. The fraction of sp³-hybridized carbons (Fsp3) is 1.00. The maximum absolute atomic E-state index is 9.44. The molecule has 0 aliphatic heterocycles. The lowest BCUT2D eigenvalue weighted by Gasteiger charge is -2.29. The molecule has 0 aromatic rings. The van der Waals surface area contributed by atoms with Gasteiger partial charge in [0.05, 0.1) is 12.7 Å². The molecule has 1 aliphatic rings. The van der Waals surface area contributed by atoms with Crippen LogP contribution in [0.5, 0.6) is 0 Å². The average molecular weight is 285 g/mol. The second-order valence-corrected chi connectivity index (χ2v) is 6.64. The third kappa shape index (κ3) is 6.55. The first-order valence-corrected chi connectivity index (χ1v) is 8.61. The van der Waals surface area contributed by atoms with E-state index in [-0.39, 0.29) is 12.1 Å². The number of aliphatic hydroxyl groups excluding tert-OH is 1. The quantitative estimate of drug-likeness (QED) is 0.604. The Labute approximate surface area is 125 Å². The Morgan fingerprint density at radius 3 is 2.70 bits per heavy atom. The fourth-order valence-corrected chi connectivity index (χ4v) is 3.28. The zero-order valence-electron chi connectivity index (χ0n) is 13.8. The van der Waals surface area contributed by atoms with Crippen LogP contribution in [0, 0.1) is 5.92 Å². The molecule has 120 valence electrons. The summed E-state index contributed by atoms with van der Waals surface area (Å²) in [6.45, 7) is 8.49. The maximum atomic E-state index is 9.44. The predicted octanol–water partition coefficient (Wildman–Crippen LogP) is 3.50. The van der Waals surface area contributed by atoms with Gasteiger partial charge in [0.2, 0.25) is 0 Å². The molecule has 3 nitrogen and oxygen atoms in total. The second-order valence-electron chi connectivity index (χ2n) is 6.64. The van der Waals surface area contributed by atoms with E-state index < -0.39 is 0 Å². The van der Waals surface area contributed by atoms with E-state index in [0.717, 1.165) is 38.3 Å². The van der Waals surface area contributed by atoms with Gasteiger partial charge < -0.3 is 15.2 Å². The molecule has 3 heteroatoms. The minimum Gasteiger partial charge on any atom is -0.394 e. The van der Waals surface area contributed by atoms with E-state index in [4.69, 9.17) is 4.74 Å². The topological polar surface area (TPSA) is 41.5 Å². The van der Waals surface area contributed by atoms with E-state index in [0.29, 0.717) is 6.10 Å². The van der Waals surface area contributed by atoms with Gasteiger partial charge in [-0.25, -0.2) is 0 Å². The number of likely N-dealkylation sites (N-methyl/N-ethyl adjacent to an activating group) is 1. The van der Waals surface area contributed by atoms with Crippen molar-refractivity contribution in [3.05, 3.63) is 0 Å². The second kappa shape index (κ2) is 9.75.